The minimum atomic E-state index is -4.36. The highest BCUT2D eigenvalue weighted by molar-refractivity contribution is 6.80. The van der Waals surface area contributed by atoms with Crippen LogP contribution in [-0.4, -0.2) is 18.7 Å². The van der Waals surface area contributed by atoms with Crippen molar-refractivity contribution in [2.75, 3.05) is 0 Å². The highest BCUT2D eigenvalue weighted by Gasteiger charge is 2.39. The van der Waals surface area contributed by atoms with Crippen molar-refractivity contribution >= 4 is 8.07 Å². The van der Waals surface area contributed by atoms with E-state index in [0.717, 1.165) is 11.6 Å². The zero-order chi connectivity index (χ0) is 20.6. The molecule has 1 atom stereocenters. The van der Waals surface area contributed by atoms with E-state index in [9.17, 15) is 13.2 Å². The maximum Gasteiger partial charge on any atom is 0.416 e. The number of rotatable bonds is 4. The van der Waals surface area contributed by atoms with Gasteiger partial charge in [-0.05, 0) is 36.8 Å². The van der Waals surface area contributed by atoms with Crippen molar-refractivity contribution in [3.8, 4) is 5.75 Å². The Hall–Kier alpha value is -2.05. The van der Waals surface area contributed by atoms with Gasteiger partial charge in [-0.2, -0.15) is 13.2 Å². The van der Waals surface area contributed by atoms with E-state index in [1.165, 1.54) is 12.1 Å². The van der Waals surface area contributed by atoms with Crippen molar-refractivity contribution in [2.24, 2.45) is 0 Å². The normalized spacial score (nSPS) is 20.8. The van der Waals surface area contributed by atoms with Crippen LogP contribution in [0.5, 0.6) is 5.75 Å². The van der Waals surface area contributed by atoms with Crippen LogP contribution in [0.1, 0.15) is 23.6 Å². The molecular formula is C22H26F3NOSi. The van der Waals surface area contributed by atoms with E-state index < -0.39 is 25.5 Å². The Labute approximate surface area is 165 Å². The third-order valence-corrected chi connectivity index (χ3v) is 5.97. The van der Waals surface area contributed by atoms with Gasteiger partial charge in [-0.25, -0.2) is 0 Å². The van der Waals surface area contributed by atoms with Gasteiger partial charge < -0.3 is 4.74 Å². The van der Waals surface area contributed by atoms with E-state index in [0.29, 0.717) is 24.4 Å². The number of hydrogen-bond acceptors (Lipinski definition) is 2. The Morgan fingerprint density at radius 1 is 1.11 bits per heavy atom. The molecule has 0 aromatic heterocycles. The molecule has 0 N–H and O–H groups in total. The average molecular weight is 406 g/mol. The lowest BCUT2D eigenvalue weighted by atomic mass is 10.0. The molecule has 0 radical (unpaired) electrons. The lowest BCUT2D eigenvalue weighted by molar-refractivity contribution is -0.137. The molecule has 1 aliphatic heterocycles. The van der Waals surface area contributed by atoms with E-state index in [1.807, 2.05) is 37.3 Å². The number of fused-ring (bicyclic) bond motifs is 1. The van der Waals surface area contributed by atoms with Crippen LogP contribution in [0.15, 0.2) is 60.3 Å². The molecule has 0 saturated carbocycles. The molecule has 0 fully saturated rings. The molecule has 6 heteroatoms. The summed E-state index contributed by atoms with van der Waals surface area (Å²) in [6, 6.07) is 13.7. The van der Waals surface area contributed by atoms with Gasteiger partial charge in [-0.3, -0.25) is 4.90 Å². The Bertz CT molecular complexity index is 858. The highest BCUT2D eigenvalue weighted by atomic mass is 28.3. The zero-order valence-corrected chi connectivity index (χ0v) is 17.7. The van der Waals surface area contributed by atoms with Gasteiger partial charge in [0.1, 0.15) is 5.75 Å². The van der Waals surface area contributed by atoms with Crippen LogP contribution in [0.2, 0.25) is 19.6 Å². The third-order valence-electron chi connectivity index (χ3n) is 4.80. The Morgan fingerprint density at radius 3 is 2.39 bits per heavy atom. The predicted octanol–water partition coefficient (Wildman–Crippen LogP) is 6.25. The topological polar surface area (TPSA) is 12.5 Å². The van der Waals surface area contributed by atoms with Gasteiger partial charge >= 0.3 is 6.18 Å². The lowest BCUT2D eigenvalue weighted by Gasteiger charge is -2.44. The number of benzene rings is 2. The van der Waals surface area contributed by atoms with Crippen molar-refractivity contribution in [3.05, 3.63) is 77.0 Å². The van der Waals surface area contributed by atoms with Crippen LogP contribution in [0.4, 0.5) is 13.2 Å². The van der Waals surface area contributed by atoms with Crippen LogP contribution in [-0.2, 0) is 19.3 Å². The van der Waals surface area contributed by atoms with Gasteiger partial charge in [0, 0.05) is 18.7 Å². The van der Waals surface area contributed by atoms with Gasteiger partial charge in [-0.15, -0.1) is 0 Å². The molecule has 0 saturated heterocycles. The Kier molecular flexibility index (Phi) is 5.47. The summed E-state index contributed by atoms with van der Waals surface area (Å²) in [6.45, 7) is 9.67. The first-order valence-electron chi connectivity index (χ1n) is 9.35. The van der Waals surface area contributed by atoms with Gasteiger partial charge in [-0.1, -0.05) is 55.7 Å². The molecule has 1 heterocycles. The minimum absolute atomic E-state index is 0.390. The van der Waals surface area contributed by atoms with E-state index in [1.54, 1.807) is 0 Å². The maximum absolute atomic E-state index is 13.1. The monoisotopic (exact) mass is 405 g/mol. The molecule has 1 aliphatic rings. The molecule has 2 nitrogen and oxygen atoms in total. The van der Waals surface area contributed by atoms with E-state index in [2.05, 4.69) is 36.3 Å². The standard InChI is InChI=1S/C22H26F3NOSi/c1-21(12-13-28(2,3)4)26(15-17-8-6-5-7-9-17)16-18-14-19(22(23,24)25)10-11-20(18)27-21/h5-14H,15-16H2,1-4H3/b13-12-. The molecule has 28 heavy (non-hydrogen) atoms. The molecule has 150 valence electrons. The smallest absolute Gasteiger partial charge is 0.416 e. The summed E-state index contributed by atoms with van der Waals surface area (Å²) in [7, 11) is -1.47. The second-order valence-electron chi connectivity index (χ2n) is 8.52. The van der Waals surface area contributed by atoms with E-state index >= 15 is 0 Å². The van der Waals surface area contributed by atoms with Gasteiger partial charge in [0.05, 0.1) is 13.6 Å². The van der Waals surface area contributed by atoms with Crippen LogP contribution in [0.3, 0.4) is 0 Å². The molecule has 1 unspecified atom stereocenters. The Balaban J connectivity index is 1.99. The molecule has 0 aliphatic carbocycles. The zero-order valence-electron chi connectivity index (χ0n) is 16.7. The van der Waals surface area contributed by atoms with Gasteiger partial charge in [0.2, 0.25) is 0 Å². The first-order chi connectivity index (χ1) is 13.0. The van der Waals surface area contributed by atoms with Crippen molar-refractivity contribution in [1.82, 2.24) is 4.90 Å². The summed E-state index contributed by atoms with van der Waals surface area (Å²) < 4.78 is 45.7. The molecule has 2 aromatic carbocycles. The maximum atomic E-state index is 13.1. The largest absolute Gasteiger partial charge is 0.469 e. The van der Waals surface area contributed by atoms with Crippen molar-refractivity contribution < 1.29 is 17.9 Å². The van der Waals surface area contributed by atoms with Gasteiger partial charge in [0.25, 0.3) is 0 Å². The van der Waals surface area contributed by atoms with Crippen LogP contribution >= 0.6 is 0 Å². The summed E-state index contributed by atoms with van der Waals surface area (Å²) in [5.41, 5.74) is 2.51. The van der Waals surface area contributed by atoms with Crippen LogP contribution in [0, 0.1) is 0 Å². The SMILES string of the molecule is CC1(/C=C\[Si](C)(C)C)Oc2ccc(C(F)(F)F)cc2CN1Cc1ccccc1. The Morgan fingerprint density at radius 2 is 1.79 bits per heavy atom. The predicted molar refractivity (Wildman–Crippen MR) is 109 cm³/mol. The first-order valence-corrected chi connectivity index (χ1v) is 12.9. The number of nitrogens with zero attached hydrogens (tertiary/aromatic N) is 1. The van der Waals surface area contributed by atoms with Crippen LogP contribution < -0.4 is 4.74 Å². The molecule has 2 aromatic rings. The second kappa shape index (κ2) is 7.41. The van der Waals surface area contributed by atoms with E-state index in [-0.39, 0.29) is 0 Å². The average Bonchev–Trinajstić information content (AvgIpc) is 2.60. The highest BCUT2D eigenvalue weighted by Crippen LogP contribution is 2.39. The lowest BCUT2D eigenvalue weighted by Crippen LogP contribution is -2.51. The summed E-state index contributed by atoms with van der Waals surface area (Å²) in [5.74, 6) is 0.514. The fourth-order valence-electron chi connectivity index (χ4n) is 3.19. The van der Waals surface area contributed by atoms with Gasteiger partial charge in [0.15, 0.2) is 5.72 Å². The summed E-state index contributed by atoms with van der Waals surface area (Å²) >= 11 is 0. The molecular weight excluding hydrogens is 379 g/mol. The van der Waals surface area contributed by atoms with Crippen LogP contribution in [0.25, 0.3) is 0 Å². The quantitative estimate of drug-likeness (QED) is 0.558. The molecule has 0 spiro atoms. The first kappa shape index (κ1) is 20.7. The fraction of sp³-hybridized carbons (Fsp3) is 0.364. The molecule has 0 bridgehead atoms. The number of halogens is 3. The van der Waals surface area contributed by atoms with Crippen molar-refractivity contribution in [3.63, 3.8) is 0 Å². The second-order valence-corrected chi connectivity index (χ2v) is 13.6. The fourth-order valence-corrected chi connectivity index (χ4v) is 4.00. The van der Waals surface area contributed by atoms with Crippen molar-refractivity contribution in [2.45, 2.75) is 51.6 Å². The summed E-state index contributed by atoms with van der Waals surface area (Å²) in [6.07, 6.45) is -2.29. The van der Waals surface area contributed by atoms with Crippen molar-refractivity contribution in [1.29, 1.82) is 0 Å². The van der Waals surface area contributed by atoms with E-state index in [4.69, 9.17) is 4.74 Å². The molecule has 0 amide bonds. The number of ether oxygens (including phenoxy) is 1. The molecule has 3 rings (SSSR count). The number of alkyl halides is 3. The number of hydrogen-bond donors (Lipinski definition) is 0. The minimum Gasteiger partial charge on any atom is -0.469 e. The summed E-state index contributed by atoms with van der Waals surface area (Å²) in [4.78, 5) is 2.08. The summed E-state index contributed by atoms with van der Waals surface area (Å²) in [5, 5.41) is 0. The third kappa shape index (κ3) is 4.86.